The summed E-state index contributed by atoms with van der Waals surface area (Å²) in [5.74, 6) is -0.134. The molecule has 1 aromatic carbocycles. The molecule has 0 amide bonds. The maximum absolute atomic E-state index is 12.1. The Morgan fingerprint density at radius 2 is 1.86 bits per heavy atom. The minimum Gasteiger partial charge on any atom is -0.494 e. The van der Waals surface area contributed by atoms with Crippen LogP contribution in [0.15, 0.2) is 24.3 Å². The number of likely N-dealkylation sites (tertiary alicyclic amines) is 1. The summed E-state index contributed by atoms with van der Waals surface area (Å²) in [7, 11) is 0. The highest BCUT2D eigenvalue weighted by molar-refractivity contribution is 5.81. The summed E-state index contributed by atoms with van der Waals surface area (Å²) in [4.78, 5) is 14.2. The van der Waals surface area contributed by atoms with Crippen LogP contribution < -0.4 is 4.74 Å². The second kappa shape index (κ2) is 6.94. The summed E-state index contributed by atoms with van der Waals surface area (Å²) in [6.45, 7) is 5.90. The van der Waals surface area contributed by atoms with Gasteiger partial charge in [-0.2, -0.15) is 0 Å². The fraction of sp³-hybridized carbons (Fsp3) is 0.588. The van der Waals surface area contributed by atoms with Crippen LogP contribution >= 0.6 is 0 Å². The quantitative estimate of drug-likeness (QED) is 0.904. The topological polar surface area (TPSA) is 49.8 Å². The Hall–Kier alpha value is -1.55. The van der Waals surface area contributed by atoms with Gasteiger partial charge in [-0.15, -0.1) is 0 Å². The monoisotopic (exact) mass is 291 g/mol. The van der Waals surface area contributed by atoms with Crippen molar-refractivity contribution >= 4 is 5.97 Å². The zero-order valence-electron chi connectivity index (χ0n) is 13.0. The van der Waals surface area contributed by atoms with Crippen LogP contribution in [-0.2, 0) is 10.3 Å². The average molecular weight is 291 g/mol. The Kier molecular flexibility index (Phi) is 5.23. The standard InChI is InChI=1S/C17H25NO3/c1-3-21-15-11-7-6-10-14(15)17(2,16(19)20)18-12-8-4-5-9-13-18/h6-7,10-11H,3-5,8-9,12-13H2,1-2H3,(H,19,20). The third-order valence-electron chi connectivity index (χ3n) is 4.37. The van der Waals surface area contributed by atoms with E-state index in [-0.39, 0.29) is 0 Å². The largest absolute Gasteiger partial charge is 0.494 e. The Morgan fingerprint density at radius 1 is 1.24 bits per heavy atom. The predicted octanol–water partition coefficient (Wildman–Crippen LogP) is 3.26. The van der Waals surface area contributed by atoms with E-state index in [4.69, 9.17) is 4.74 Å². The molecule has 0 aromatic heterocycles. The average Bonchev–Trinajstić information content (AvgIpc) is 2.76. The molecule has 21 heavy (non-hydrogen) atoms. The van der Waals surface area contributed by atoms with Gasteiger partial charge in [-0.3, -0.25) is 4.90 Å². The van der Waals surface area contributed by atoms with E-state index in [1.54, 1.807) is 6.92 Å². The van der Waals surface area contributed by atoms with E-state index in [1.165, 1.54) is 12.8 Å². The maximum atomic E-state index is 12.1. The molecule has 2 rings (SSSR count). The number of nitrogens with zero attached hydrogens (tertiary/aromatic N) is 1. The van der Waals surface area contributed by atoms with Gasteiger partial charge in [-0.05, 0) is 45.8 Å². The number of para-hydroxylation sites is 1. The van der Waals surface area contributed by atoms with Gasteiger partial charge < -0.3 is 9.84 Å². The third-order valence-corrected chi connectivity index (χ3v) is 4.37. The molecule has 0 bridgehead atoms. The lowest BCUT2D eigenvalue weighted by Gasteiger charge is -2.38. The van der Waals surface area contributed by atoms with E-state index in [1.807, 2.05) is 31.2 Å². The molecule has 0 radical (unpaired) electrons. The molecule has 1 aromatic rings. The molecule has 4 nitrogen and oxygen atoms in total. The highest BCUT2D eigenvalue weighted by Crippen LogP contribution is 2.36. The second-order valence-corrected chi connectivity index (χ2v) is 5.71. The second-order valence-electron chi connectivity index (χ2n) is 5.71. The van der Waals surface area contributed by atoms with Crippen molar-refractivity contribution in [3.63, 3.8) is 0 Å². The molecule has 1 N–H and O–H groups in total. The Bertz CT molecular complexity index is 481. The number of hydrogen-bond donors (Lipinski definition) is 1. The van der Waals surface area contributed by atoms with Crippen LogP contribution in [-0.4, -0.2) is 35.7 Å². The molecule has 0 spiro atoms. The summed E-state index contributed by atoms with van der Waals surface area (Å²) < 4.78 is 5.67. The van der Waals surface area contributed by atoms with E-state index < -0.39 is 11.5 Å². The first-order valence-corrected chi connectivity index (χ1v) is 7.81. The molecule has 4 heteroatoms. The van der Waals surface area contributed by atoms with Crippen molar-refractivity contribution in [2.24, 2.45) is 0 Å². The summed E-state index contributed by atoms with van der Waals surface area (Å²) in [5.41, 5.74) is -0.280. The molecule has 1 aliphatic heterocycles. The van der Waals surface area contributed by atoms with E-state index in [9.17, 15) is 9.90 Å². The summed E-state index contributed by atoms with van der Waals surface area (Å²) >= 11 is 0. The van der Waals surface area contributed by atoms with Crippen molar-refractivity contribution in [2.75, 3.05) is 19.7 Å². The van der Waals surface area contributed by atoms with E-state index in [0.29, 0.717) is 12.4 Å². The number of hydrogen-bond acceptors (Lipinski definition) is 3. The lowest BCUT2D eigenvalue weighted by molar-refractivity contribution is -0.151. The molecule has 1 unspecified atom stereocenters. The summed E-state index contributed by atoms with van der Waals surface area (Å²) in [6, 6.07) is 7.51. The summed E-state index contributed by atoms with van der Waals surface area (Å²) in [6.07, 6.45) is 4.47. The van der Waals surface area contributed by atoms with Crippen molar-refractivity contribution in [3.05, 3.63) is 29.8 Å². The van der Waals surface area contributed by atoms with Crippen LogP contribution in [0.2, 0.25) is 0 Å². The molecular formula is C17H25NO3. The summed E-state index contributed by atoms with van der Waals surface area (Å²) in [5, 5.41) is 9.93. The number of carboxylic acid groups (broad SMARTS) is 1. The van der Waals surface area contributed by atoms with Crippen molar-refractivity contribution in [1.29, 1.82) is 0 Å². The Labute approximate surface area is 126 Å². The van der Waals surface area contributed by atoms with Crippen LogP contribution in [0.3, 0.4) is 0 Å². The van der Waals surface area contributed by atoms with Gasteiger partial charge in [0, 0.05) is 5.56 Å². The Balaban J connectivity index is 2.43. The van der Waals surface area contributed by atoms with E-state index >= 15 is 0 Å². The lowest BCUT2D eigenvalue weighted by Crippen LogP contribution is -2.50. The predicted molar refractivity (Wildman–Crippen MR) is 82.6 cm³/mol. The van der Waals surface area contributed by atoms with Crippen LogP contribution in [0.4, 0.5) is 0 Å². The van der Waals surface area contributed by atoms with Gasteiger partial charge in [0.25, 0.3) is 0 Å². The van der Waals surface area contributed by atoms with Crippen molar-refractivity contribution in [2.45, 2.75) is 45.1 Å². The van der Waals surface area contributed by atoms with Gasteiger partial charge in [0.15, 0.2) is 0 Å². The fourth-order valence-corrected chi connectivity index (χ4v) is 3.09. The smallest absolute Gasteiger partial charge is 0.328 e. The normalized spacial score (nSPS) is 19.5. The molecule has 1 saturated heterocycles. The zero-order valence-corrected chi connectivity index (χ0v) is 13.0. The van der Waals surface area contributed by atoms with Gasteiger partial charge in [0.05, 0.1) is 6.61 Å². The third kappa shape index (κ3) is 3.21. The molecule has 0 saturated carbocycles. The van der Waals surface area contributed by atoms with Crippen molar-refractivity contribution in [1.82, 2.24) is 4.90 Å². The van der Waals surface area contributed by atoms with Gasteiger partial charge in [0.1, 0.15) is 11.3 Å². The molecule has 1 heterocycles. The zero-order chi connectivity index (χ0) is 15.3. The number of carbonyl (C=O) groups is 1. The minimum absolute atomic E-state index is 0.534. The number of ether oxygens (including phenoxy) is 1. The van der Waals surface area contributed by atoms with Gasteiger partial charge in [-0.25, -0.2) is 4.79 Å². The van der Waals surface area contributed by atoms with Crippen molar-refractivity contribution < 1.29 is 14.6 Å². The first-order valence-electron chi connectivity index (χ1n) is 7.81. The first kappa shape index (κ1) is 15.8. The van der Waals surface area contributed by atoms with E-state index in [2.05, 4.69) is 4.90 Å². The number of aliphatic carboxylic acids is 1. The fourth-order valence-electron chi connectivity index (χ4n) is 3.09. The molecular weight excluding hydrogens is 266 g/mol. The number of rotatable bonds is 5. The van der Waals surface area contributed by atoms with Crippen LogP contribution in [0.1, 0.15) is 45.1 Å². The maximum Gasteiger partial charge on any atom is 0.328 e. The Morgan fingerprint density at radius 3 is 2.43 bits per heavy atom. The SMILES string of the molecule is CCOc1ccccc1C(C)(C(=O)O)N1CCCCCC1. The molecule has 1 aliphatic rings. The molecule has 1 fully saturated rings. The van der Waals surface area contributed by atoms with E-state index in [0.717, 1.165) is 31.5 Å². The van der Waals surface area contributed by atoms with Crippen LogP contribution in [0, 0.1) is 0 Å². The van der Waals surface area contributed by atoms with Gasteiger partial charge >= 0.3 is 5.97 Å². The highest BCUT2D eigenvalue weighted by atomic mass is 16.5. The minimum atomic E-state index is -1.03. The number of carboxylic acids is 1. The molecule has 0 aliphatic carbocycles. The highest BCUT2D eigenvalue weighted by Gasteiger charge is 2.43. The molecule has 116 valence electrons. The van der Waals surface area contributed by atoms with Gasteiger partial charge in [0.2, 0.25) is 0 Å². The van der Waals surface area contributed by atoms with Crippen molar-refractivity contribution in [3.8, 4) is 5.75 Å². The lowest BCUT2D eigenvalue weighted by atomic mass is 9.88. The van der Waals surface area contributed by atoms with Crippen LogP contribution in [0.25, 0.3) is 0 Å². The number of benzene rings is 1. The molecule has 1 atom stereocenters. The first-order chi connectivity index (χ1) is 10.1. The van der Waals surface area contributed by atoms with Gasteiger partial charge in [-0.1, -0.05) is 31.0 Å². The van der Waals surface area contributed by atoms with Crippen LogP contribution in [0.5, 0.6) is 5.75 Å².